The molecule has 1 N–H and O–H groups in total. The first kappa shape index (κ1) is 17.9. The molecule has 0 unspecified atom stereocenters. The number of fused-ring (bicyclic) bond motifs is 1. The van der Waals surface area contributed by atoms with Crippen LogP contribution in [0.2, 0.25) is 0 Å². The largest absolute Gasteiger partial charge is 0.378 e. The van der Waals surface area contributed by atoms with Crippen molar-refractivity contribution in [2.75, 3.05) is 26.3 Å². The van der Waals surface area contributed by atoms with Crippen molar-refractivity contribution in [2.24, 2.45) is 0 Å². The van der Waals surface area contributed by atoms with Crippen molar-refractivity contribution < 1.29 is 14.3 Å². The van der Waals surface area contributed by atoms with Crippen molar-refractivity contribution in [2.45, 2.75) is 51.0 Å². The van der Waals surface area contributed by atoms with Gasteiger partial charge < -0.3 is 15.0 Å². The lowest BCUT2D eigenvalue weighted by Gasteiger charge is -2.37. The van der Waals surface area contributed by atoms with Crippen molar-refractivity contribution in [3.63, 3.8) is 0 Å². The van der Waals surface area contributed by atoms with Gasteiger partial charge in [0.05, 0.1) is 19.3 Å². The molecule has 1 heterocycles. The topological polar surface area (TPSA) is 58.6 Å². The third kappa shape index (κ3) is 4.21. The molecule has 1 atom stereocenters. The first-order valence-corrected chi connectivity index (χ1v) is 9.22. The van der Waals surface area contributed by atoms with Crippen LogP contribution < -0.4 is 5.32 Å². The fourth-order valence-corrected chi connectivity index (χ4v) is 3.82. The van der Waals surface area contributed by atoms with Gasteiger partial charge in [0.2, 0.25) is 11.8 Å². The molecular formula is C20H28N2O3. The molecule has 1 aromatic rings. The molecule has 2 aliphatic rings. The van der Waals surface area contributed by atoms with Crippen LogP contribution in [-0.4, -0.2) is 43.0 Å². The zero-order chi connectivity index (χ0) is 17.9. The number of nitrogens with zero attached hydrogens (tertiary/aromatic N) is 1. The minimum absolute atomic E-state index is 0.0406. The van der Waals surface area contributed by atoms with Crippen LogP contribution in [0.1, 0.15) is 56.7 Å². The number of benzene rings is 1. The number of amides is 2. The molecule has 1 fully saturated rings. The lowest BCUT2D eigenvalue weighted by atomic mass is 9.71. The zero-order valence-electron chi connectivity index (χ0n) is 15.2. The van der Waals surface area contributed by atoms with E-state index < -0.39 is 0 Å². The second kappa shape index (κ2) is 7.56. The summed E-state index contributed by atoms with van der Waals surface area (Å²) in [6.07, 6.45) is 2.50. The van der Waals surface area contributed by atoms with E-state index in [0.29, 0.717) is 26.3 Å². The van der Waals surface area contributed by atoms with Crippen molar-refractivity contribution >= 4 is 11.8 Å². The zero-order valence-corrected chi connectivity index (χ0v) is 15.2. The number of morpholine rings is 1. The fraction of sp³-hybridized carbons (Fsp3) is 0.600. The first-order chi connectivity index (χ1) is 12.0. The normalized spacial score (nSPS) is 22.2. The fourth-order valence-electron chi connectivity index (χ4n) is 3.82. The van der Waals surface area contributed by atoms with Gasteiger partial charge in [-0.05, 0) is 29.4 Å². The highest BCUT2D eigenvalue weighted by Gasteiger charge is 2.32. The van der Waals surface area contributed by atoms with Crippen LogP contribution in [0.4, 0.5) is 0 Å². The maximum Gasteiger partial charge on any atom is 0.223 e. The van der Waals surface area contributed by atoms with Crippen LogP contribution >= 0.6 is 0 Å². The Morgan fingerprint density at radius 1 is 1.20 bits per heavy atom. The lowest BCUT2D eigenvalue weighted by Crippen LogP contribution is -2.41. The third-order valence-electron chi connectivity index (χ3n) is 5.39. The molecule has 0 bridgehead atoms. The third-order valence-corrected chi connectivity index (χ3v) is 5.39. The van der Waals surface area contributed by atoms with E-state index in [2.05, 4.69) is 37.4 Å². The average Bonchev–Trinajstić information content (AvgIpc) is 2.63. The van der Waals surface area contributed by atoms with Crippen LogP contribution in [-0.2, 0) is 19.7 Å². The summed E-state index contributed by atoms with van der Waals surface area (Å²) in [4.78, 5) is 26.3. The summed E-state index contributed by atoms with van der Waals surface area (Å²) in [6.45, 7) is 6.95. The number of carbonyl (C=O) groups excluding carboxylic acids is 2. The van der Waals surface area contributed by atoms with Gasteiger partial charge in [0, 0.05) is 25.9 Å². The van der Waals surface area contributed by atoms with Gasteiger partial charge in [0.25, 0.3) is 0 Å². The van der Waals surface area contributed by atoms with Crippen molar-refractivity contribution in [1.29, 1.82) is 0 Å². The molecule has 0 spiro atoms. The van der Waals surface area contributed by atoms with Crippen LogP contribution in [0.5, 0.6) is 0 Å². The van der Waals surface area contributed by atoms with Gasteiger partial charge in [-0.15, -0.1) is 0 Å². The number of carbonyl (C=O) groups is 2. The van der Waals surface area contributed by atoms with Gasteiger partial charge in [-0.1, -0.05) is 38.1 Å². The van der Waals surface area contributed by atoms with Crippen molar-refractivity contribution in [1.82, 2.24) is 10.2 Å². The number of hydrogen-bond acceptors (Lipinski definition) is 3. The lowest BCUT2D eigenvalue weighted by molar-refractivity contribution is -0.137. The Hall–Kier alpha value is -1.88. The summed E-state index contributed by atoms with van der Waals surface area (Å²) in [7, 11) is 0. The Bertz CT molecular complexity index is 636. The highest BCUT2D eigenvalue weighted by Crippen LogP contribution is 2.41. The smallest absolute Gasteiger partial charge is 0.223 e. The van der Waals surface area contributed by atoms with Crippen molar-refractivity contribution in [3.8, 4) is 0 Å². The van der Waals surface area contributed by atoms with E-state index in [4.69, 9.17) is 4.74 Å². The summed E-state index contributed by atoms with van der Waals surface area (Å²) in [5, 5.41) is 3.14. The highest BCUT2D eigenvalue weighted by atomic mass is 16.5. The molecule has 3 rings (SSSR count). The molecule has 2 amide bonds. The van der Waals surface area contributed by atoms with Crippen LogP contribution in [0.15, 0.2) is 24.3 Å². The summed E-state index contributed by atoms with van der Waals surface area (Å²) in [5.41, 5.74) is 2.67. The molecule has 1 aliphatic heterocycles. The van der Waals surface area contributed by atoms with E-state index in [1.165, 1.54) is 11.1 Å². The van der Waals surface area contributed by atoms with Crippen LogP contribution in [0.25, 0.3) is 0 Å². The Labute approximate surface area is 149 Å². The molecule has 0 saturated carbocycles. The SMILES string of the molecule is CC1(C)CC[C@@H](NC(=O)CCC(=O)N2CCOCC2)c2ccccc21. The van der Waals surface area contributed by atoms with Gasteiger partial charge in [0.1, 0.15) is 0 Å². The Balaban J connectivity index is 1.55. The van der Waals surface area contributed by atoms with E-state index in [1.807, 2.05) is 6.07 Å². The maximum atomic E-state index is 12.4. The molecule has 5 nitrogen and oxygen atoms in total. The van der Waals surface area contributed by atoms with E-state index in [1.54, 1.807) is 4.90 Å². The Morgan fingerprint density at radius 2 is 1.92 bits per heavy atom. The van der Waals surface area contributed by atoms with Gasteiger partial charge in [-0.25, -0.2) is 0 Å². The number of hydrogen-bond donors (Lipinski definition) is 1. The quantitative estimate of drug-likeness (QED) is 0.913. The van der Waals surface area contributed by atoms with Gasteiger partial charge in [0.15, 0.2) is 0 Å². The van der Waals surface area contributed by atoms with Crippen LogP contribution in [0, 0.1) is 0 Å². The summed E-state index contributed by atoms with van der Waals surface area (Å²) >= 11 is 0. The summed E-state index contributed by atoms with van der Waals surface area (Å²) in [6, 6.07) is 8.42. The van der Waals surface area contributed by atoms with E-state index in [-0.39, 0.29) is 36.1 Å². The number of ether oxygens (including phenoxy) is 1. The minimum atomic E-state index is -0.0406. The summed E-state index contributed by atoms with van der Waals surface area (Å²) in [5.74, 6) is 0.00439. The molecule has 1 aliphatic carbocycles. The van der Waals surface area contributed by atoms with E-state index in [0.717, 1.165) is 12.8 Å². The molecule has 1 saturated heterocycles. The molecule has 136 valence electrons. The molecular weight excluding hydrogens is 316 g/mol. The maximum absolute atomic E-state index is 12.4. The average molecular weight is 344 g/mol. The standard InChI is InChI=1S/C20H28N2O3/c1-20(2)10-9-17(15-5-3-4-6-16(15)20)21-18(23)7-8-19(24)22-11-13-25-14-12-22/h3-6,17H,7-14H2,1-2H3,(H,21,23)/t17-/m1/s1. The summed E-state index contributed by atoms with van der Waals surface area (Å²) < 4.78 is 5.25. The Kier molecular flexibility index (Phi) is 5.42. The number of nitrogens with one attached hydrogen (secondary N) is 1. The molecule has 0 radical (unpaired) electrons. The van der Waals surface area contributed by atoms with E-state index in [9.17, 15) is 9.59 Å². The molecule has 25 heavy (non-hydrogen) atoms. The first-order valence-electron chi connectivity index (χ1n) is 9.22. The van der Waals surface area contributed by atoms with Crippen LogP contribution in [0.3, 0.4) is 0 Å². The second-order valence-corrected chi connectivity index (χ2v) is 7.62. The van der Waals surface area contributed by atoms with Gasteiger partial charge >= 0.3 is 0 Å². The minimum Gasteiger partial charge on any atom is -0.378 e. The monoisotopic (exact) mass is 344 g/mol. The molecule has 0 aromatic heterocycles. The van der Waals surface area contributed by atoms with Gasteiger partial charge in [-0.2, -0.15) is 0 Å². The number of rotatable bonds is 4. The molecule has 5 heteroatoms. The molecule has 1 aromatic carbocycles. The van der Waals surface area contributed by atoms with Gasteiger partial charge in [-0.3, -0.25) is 9.59 Å². The second-order valence-electron chi connectivity index (χ2n) is 7.62. The predicted molar refractivity (Wildman–Crippen MR) is 96.2 cm³/mol. The highest BCUT2D eigenvalue weighted by molar-refractivity contribution is 5.84. The van der Waals surface area contributed by atoms with Crippen molar-refractivity contribution in [3.05, 3.63) is 35.4 Å². The Morgan fingerprint density at radius 3 is 2.68 bits per heavy atom. The predicted octanol–water partition coefficient (Wildman–Crippen LogP) is 2.55. The van der Waals surface area contributed by atoms with E-state index >= 15 is 0 Å².